The fraction of sp³-hybridized carbons (Fsp3) is 0. The van der Waals surface area contributed by atoms with E-state index in [1.165, 1.54) is 24.3 Å². The van der Waals surface area contributed by atoms with Crippen LogP contribution in [0.2, 0.25) is 0 Å². The number of aromatic hydroxyl groups is 1. The van der Waals surface area contributed by atoms with Crippen LogP contribution in [0, 0.1) is 0 Å². The molecule has 6 nitrogen and oxygen atoms in total. The summed E-state index contributed by atoms with van der Waals surface area (Å²) in [6.45, 7) is 0. The largest absolute Gasteiger partial charge is 0.507 e. The number of carbonyl (C=O) groups is 3. The first-order chi connectivity index (χ1) is 15.9. The quantitative estimate of drug-likeness (QED) is 0.338. The van der Waals surface area contributed by atoms with E-state index >= 15 is 0 Å². The predicted octanol–water partition coefficient (Wildman–Crippen LogP) is 5.60. The van der Waals surface area contributed by atoms with Crippen LogP contribution in [0.15, 0.2) is 84.9 Å². The van der Waals surface area contributed by atoms with Gasteiger partial charge in [0.1, 0.15) is 12.0 Å². The van der Waals surface area contributed by atoms with Crippen LogP contribution < -0.4 is 0 Å². The topological polar surface area (TPSA) is 112 Å². The third kappa shape index (κ3) is 4.36. The molecule has 0 heterocycles. The molecule has 0 spiro atoms. The van der Waals surface area contributed by atoms with E-state index in [4.69, 9.17) is 0 Å². The van der Waals surface area contributed by atoms with Crippen molar-refractivity contribution in [2.75, 3.05) is 0 Å². The summed E-state index contributed by atoms with van der Waals surface area (Å²) in [5.74, 6) is -2.11. The second kappa shape index (κ2) is 8.80. The van der Waals surface area contributed by atoms with Crippen molar-refractivity contribution in [1.82, 2.24) is 0 Å². The molecule has 0 fully saturated rings. The zero-order chi connectivity index (χ0) is 23.5. The highest BCUT2D eigenvalue weighted by Crippen LogP contribution is 2.42. The van der Waals surface area contributed by atoms with Gasteiger partial charge in [0.15, 0.2) is 0 Å². The maximum Gasteiger partial charge on any atom is 0.335 e. The zero-order valence-corrected chi connectivity index (χ0v) is 17.2. The molecule has 4 aromatic rings. The van der Waals surface area contributed by atoms with Crippen LogP contribution in [0.3, 0.4) is 0 Å². The Morgan fingerprint density at radius 3 is 1.33 bits per heavy atom. The molecule has 0 saturated heterocycles. The number of carbonyl (C=O) groups excluding carboxylic acids is 1. The van der Waals surface area contributed by atoms with Gasteiger partial charge in [-0.05, 0) is 58.7 Å². The first kappa shape index (κ1) is 21.5. The van der Waals surface area contributed by atoms with Gasteiger partial charge in [0, 0.05) is 16.7 Å². The summed E-state index contributed by atoms with van der Waals surface area (Å²) < 4.78 is 0. The number of phenols is 1. The zero-order valence-electron chi connectivity index (χ0n) is 17.2. The second-order valence-corrected chi connectivity index (χ2v) is 7.42. The molecule has 0 aliphatic heterocycles. The van der Waals surface area contributed by atoms with E-state index < -0.39 is 11.9 Å². The summed E-state index contributed by atoms with van der Waals surface area (Å²) in [4.78, 5) is 33.4. The highest BCUT2D eigenvalue weighted by Gasteiger charge is 2.16. The molecule has 0 unspecified atom stereocenters. The van der Waals surface area contributed by atoms with Gasteiger partial charge in [-0.15, -0.1) is 0 Å². The van der Waals surface area contributed by atoms with E-state index in [-0.39, 0.29) is 16.9 Å². The van der Waals surface area contributed by atoms with Crippen molar-refractivity contribution >= 4 is 18.2 Å². The van der Waals surface area contributed by atoms with E-state index in [0.717, 1.165) is 17.4 Å². The van der Waals surface area contributed by atoms with Crippen LogP contribution in [0.4, 0.5) is 0 Å². The molecule has 0 aliphatic carbocycles. The van der Waals surface area contributed by atoms with Gasteiger partial charge < -0.3 is 15.3 Å². The molecule has 3 N–H and O–H groups in total. The van der Waals surface area contributed by atoms with E-state index in [2.05, 4.69) is 0 Å². The lowest BCUT2D eigenvalue weighted by molar-refractivity contribution is 0.0686. The van der Waals surface area contributed by atoms with Gasteiger partial charge in [-0.1, -0.05) is 48.5 Å². The Balaban J connectivity index is 1.90. The van der Waals surface area contributed by atoms with E-state index in [9.17, 15) is 29.7 Å². The number of aldehydes is 1. The monoisotopic (exact) mass is 438 g/mol. The number of aromatic carboxylic acids is 2. The minimum Gasteiger partial charge on any atom is -0.507 e. The average Bonchev–Trinajstić information content (AvgIpc) is 2.84. The minimum absolute atomic E-state index is 0.0191. The SMILES string of the molecule is O=Cc1ccc(-c2cc(-c3ccc(C(=O)O)cc3)c(O)c(-c3ccc(C(=O)O)cc3)c2)cc1. The van der Waals surface area contributed by atoms with Crippen molar-refractivity contribution < 1.29 is 29.7 Å². The lowest BCUT2D eigenvalue weighted by Crippen LogP contribution is -1.96. The van der Waals surface area contributed by atoms with Crippen molar-refractivity contribution in [2.45, 2.75) is 0 Å². The lowest BCUT2D eigenvalue weighted by atomic mass is 9.91. The Hall–Kier alpha value is -4.71. The van der Waals surface area contributed by atoms with Crippen LogP contribution in [0.5, 0.6) is 5.75 Å². The molecule has 4 rings (SSSR count). The van der Waals surface area contributed by atoms with Gasteiger partial charge in [-0.2, -0.15) is 0 Å². The molecule has 0 radical (unpaired) electrons. The Labute approximate surface area is 189 Å². The molecule has 0 aromatic heterocycles. The van der Waals surface area contributed by atoms with Crippen molar-refractivity contribution in [1.29, 1.82) is 0 Å². The first-order valence-corrected chi connectivity index (χ1v) is 9.97. The highest BCUT2D eigenvalue weighted by atomic mass is 16.4. The number of hydrogen-bond acceptors (Lipinski definition) is 4. The van der Waals surface area contributed by atoms with Gasteiger partial charge >= 0.3 is 11.9 Å². The van der Waals surface area contributed by atoms with Crippen molar-refractivity contribution in [3.63, 3.8) is 0 Å². The molecule has 0 amide bonds. The molecule has 0 bridgehead atoms. The molecule has 0 aliphatic rings. The molecule has 4 aromatic carbocycles. The van der Waals surface area contributed by atoms with Gasteiger partial charge in [-0.3, -0.25) is 4.79 Å². The van der Waals surface area contributed by atoms with E-state index in [1.807, 2.05) is 0 Å². The van der Waals surface area contributed by atoms with Gasteiger partial charge in [0.25, 0.3) is 0 Å². The molecule has 0 atom stereocenters. The van der Waals surface area contributed by atoms with Gasteiger partial charge in [0.2, 0.25) is 0 Å². The number of hydrogen-bond donors (Lipinski definition) is 3. The number of carboxylic acid groups (broad SMARTS) is 2. The number of phenolic OH excluding ortho intramolecular Hbond substituents is 1. The molecular formula is C27H18O6. The van der Waals surface area contributed by atoms with Crippen molar-refractivity contribution in [2.24, 2.45) is 0 Å². The van der Waals surface area contributed by atoms with E-state index in [0.29, 0.717) is 27.8 Å². The van der Waals surface area contributed by atoms with Crippen LogP contribution in [0.25, 0.3) is 33.4 Å². The minimum atomic E-state index is -1.05. The molecule has 0 saturated carbocycles. The summed E-state index contributed by atoms with van der Waals surface area (Å²) >= 11 is 0. The lowest BCUT2D eigenvalue weighted by Gasteiger charge is -2.15. The Bertz CT molecular complexity index is 1270. The Morgan fingerprint density at radius 2 is 0.970 bits per heavy atom. The summed E-state index contributed by atoms with van der Waals surface area (Å²) in [6.07, 6.45) is 0.755. The van der Waals surface area contributed by atoms with Crippen LogP contribution in [0.1, 0.15) is 31.1 Å². The predicted molar refractivity (Wildman–Crippen MR) is 124 cm³/mol. The van der Waals surface area contributed by atoms with Crippen molar-refractivity contribution in [3.8, 4) is 39.1 Å². The van der Waals surface area contributed by atoms with Gasteiger partial charge in [0.05, 0.1) is 11.1 Å². The second-order valence-electron chi connectivity index (χ2n) is 7.42. The van der Waals surface area contributed by atoms with Crippen LogP contribution >= 0.6 is 0 Å². The smallest absolute Gasteiger partial charge is 0.335 e. The highest BCUT2D eigenvalue weighted by molar-refractivity contribution is 5.92. The molecule has 33 heavy (non-hydrogen) atoms. The van der Waals surface area contributed by atoms with Crippen molar-refractivity contribution in [3.05, 3.63) is 102 Å². The molecule has 6 heteroatoms. The first-order valence-electron chi connectivity index (χ1n) is 9.97. The Morgan fingerprint density at radius 1 is 0.576 bits per heavy atom. The summed E-state index contributed by atoms with van der Waals surface area (Å²) in [7, 11) is 0. The third-order valence-corrected chi connectivity index (χ3v) is 5.38. The van der Waals surface area contributed by atoms with Crippen LogP contribution in [-0.2, 0) is 0 Å². The number of rotatable bonds is 6. The number of benzene rings is 4. The fourth-order valence-electron chi connectivity index (χ4n) is 3.58. The maximum absolute atomic E-state index is 11.2. The maximum atomic E-state index is 11.2. The Kier molecular flexibility index (Phi) is 5.74. The van der Waals surface area contributed by atoms with E-state index in [1.54, 1.807) is 60.7 Å². The average molecular weight is 438 g/mol. The fourth-order valence-corrected chi connectivity index (χ4v) is 3.58. The summed E-state index contributed by atoms with van der Waals surface area (Å²) in [5.41, 5.74) is 4.58. The van der Waals surface area contributed by atoms with Crippen LogP contribution in [-0.4, -0.2) is 33.5 Å². The summed E-state index contributed by atoms with van der Waals surface area (Å²) in [6, 6.07) is 22.9. The molecule has 162 valence electrons. The van der Waals surface area contributed by atoms with Gasteiger partial charge in [-0.25, -0.2) is 9.59 Å². The standard InChI is InChI=1S/C27H18O6/c28-15-16-1-3-17(4-2-16)22-13-23(18-5-9-20(10-6-18)26(30)31)25(29)24(14-22)19-7-11-21(12-8-19)27(32)33/h1-15,29H,(H,30,31)(H,32,33). The normalized spacial score (nSPS) is 10.5. The number of carboxylic acids is 2. The summed E-state index contributed by atoms with van der Waals surface area (Å²) in [5, 5.41) is 29.5. The third-order valence-electron chi connectivity index (χ3n) is 5.38. The molecular weight excluding hydrogens is 420 g/mol.